The topological polar surface area (TPSA) is 112 Å². The van der Waals surface area contributed by atoms with Gasteiger partial charge in [0.05, 0.1) is 27.0 Å². The Labute approximate surface area is 183 Å². The second-order valence-corrected chi connectivity index (χ2v) is 7.36. The Hall–Kier alpha value is -3.66. The monoisotopic (exact) mass is 442 g/mol. The molecule has 9 nitrogen and oxygen atoms in total. The summed E-state index contributed by atoms with van der Waals surface area (Å²) in [5.74, 6) is 1.26. The molecule has 0 saturated heterocycles. The van der Waals surface area contributed by atoms with E-state index in [1.165, 1.54) is 7.11 Å². The molecule has 0 aliphatic rings. The van der Waals surface area contributed by atoms with Crippen LogP contribution in [0, 0.1) is 0 Å². The predicted molar refractivity (Wildman–Crippen MR) is 117 cm³/mol. The van der Waals surface area contributed by atoms with Crippen LogP contribution in [-0.2, 0) is 11.2 Å². The number of amides is 2. The second-order valence-electron chi connectivity index (χ2n) is 6.30. The fourth-order valence-electron chi connectivity index (χ4n) is 2.64. The molecule has 2 aromatic carbocycles. The fourth-order valence-corrected chi connectivity index (χ4v) is 3.37. The van der Waals surface area contributed by atoms with Gasteiger partial charge in [0.15, 0.2) is 0 Å². The molecule has 3 aromatic rings. The van der Waals surface area contributed by atoms with Crippen LogP contribution in [-0.4, -0.2) is 43.3 Å². The van der Waals surface area contributed by atoms with Gasteiger partial charge in [-0.15, -0.1) is 10.2 Å². The quantitative estimate of drug-likeness (QED) is 0.522. The average Bonchev–Trinajstić information content (AvgIpc) is 3.28. The number of methoxy groups -OCH3 is 3. The number of carbonyl (C=O) groups excluding carboxylic acids is 2. The number of hydrogen-bond donors (Lipinski definition) is 2. The summed E-state index contributed by atoms with van der Waals surface area (Å²) in [6, 6.07) is 12.1. The molecule has 31 heavy (non-hydrogen) atoms. The standard InChI is InChI=1S/C21H22N4O5S/c1-28-14-6-4-13(5-7-14)22-20(27)21-25-24-19(31-21)11-10-18(26)23-16-9-8-15(29-2)12-17(16)30-3/h4-9,12H,10-11H2,1-3H3,(H,22,27)(H,23,26). The molecule has 162 valence electrons. The Morgan fingerprint density at radius 2 is 1.61 bits per heavy atom. The van der Waals surface area contributed by atoms with E-state index in [1.54, 1.807) is 56.7 Å². The van der Waals surface area contributed by atoms with Gasteiger partial charge < -0.3 is 24.8 Å². The summed E-state index contributed by atoms with van der Waals surface area (Å²) in [6.45, 7) is 0. The lowest BCUT2D eigenvalue weighted by Gasteiger charge is -2.11. The Morgan fingerprint density at radius 1 is 0.903 bits per heavy atom. The molecular formula is C21H22N4O5S. The van der Waals surface area contributed by atoms with Crippen molar-refractivity contribution < 1.29 is 23.8 Å². The summed E-state index contributed by atoms with van der Waals surface area (Å²) in [7, 11) is 4.65. The molecule has 0 radical (unpaired) electrons. The minimum absolute atomic E-state index is 0.184. The van der Waals surface area contributed by atoms with Crippen LogP contribution in [0.4, 0.5) is 11.4 Å². The zero-order chi connectivity index (χ0) is 22.2. The number of benzene rings is 2. The van der Waals surface area contributed by atoms with Gasteiger partial charge in [0.1, 0.15) is 22.3 Å². The number of nitrogens with one attached hydrogen (secondary N) is 2. The number of hydrogen-bond acceptors (Lipinski definition) is 8. The number of aromatic nitrogens is 2. The maximum absolute atomic E-state index is 12.3. The van der Waals surface area contributed by atoms with Gasteiger partial charge >= 0.3 is 0 Å². The molecular weight excluding hydrogens is 420 g/mol. The maximum atomic E-state index is 12.3. The van der Waals surface area contributed by atoms with Crippen LogP contribution in [0.25, 0.3) is 0 Å². The molecule has 10 heteroatoms. The normalized spacial score (nSPS) is 10.3. The van der Waals surface area contributed by atoms with E-state index in [0.29, 0.717) is 40.1 Å². The van der Waals surface area contributed by atoms with Crippen LogP contribution in [0.5, 0.6) is 17.2 Å². The lowest BCUT2D eigenvalue weighted by Crippen LogP contribution is -2.13. The third kappa shape index (κ3) is 5.92. The molecule has 2 N–H and O–H groups in total. The predicted octanol–water partition coefficient (Wildman–Crippen LogP) is 3.39. The maximum Gasteiger partial charge on any atom is 0.286 e. The van der Waals surface area contributed by atoms with Gasteiger partial charge in [0.2, 0.25) is 10.9 Å². The Bertz CT molecular complexity index is 1050. The highest BCUT2D eigenvalue weighted by Crippen LogP contribution is 2.29. The van der Waals surface area contributed by atoms with Crippen LogP contribution >= 0.6 is 11.3 Å². The molecule has 2 amide bonds. The highest BCUT2D eigenvalue weighted by atomic mass is 32.1. The lowest BCUT2D eigenvalue weighted by molar-refractivity contribution is -0.116. The number of anilines is 2. The number of ether oxygens (including phenoxy) is 3. The molecule has 0 fully saturated rings. The van der Waals surface area contributed by atoms with Gasteiger partial charge in [-0.25, -0.2) is 0 Å². The van der Waals surface area contributed by atoms with Crippen molar-refractivity contribution in [3.8, 4) is 17.2 Å². The lowest BCUT2D eigenvalue weighted by atomic mass is 10.2. The van der Waals surface area contributed by atoms with E-state index in [1.807, 2.05) is 0 Å². The summed E-state index contributed by atoms with van der Waals surface area (Å²) in [6.07, 6.45) is 0.543. The van der Waals surface area contributed by atoms with Crippen LogP contribution in [0.1, 0.15) is 21.2 Å². The van der Waals surface area contributed by atoms with Gasteiger partial charge in [-0.2, -0.15) is 0 Å². The molecule has 0 unspecified atom stereocenters. The SMILES string of the molecule is COc1ccc(NC(=O)c2nnc(CCC(=O)Nc3ccc(OC)cc3OC)s2)cc1. The van der Waals surface area contributed by atoms with Gasteiger partial charge in [-0.05, 0) is 36.4 Å². The van der Waals surface area contributed by atoms with Crippen molar-refractivity contribution >= 4 is 34.5 Å². The van der Waals surface area contributed by atoms with E-state index >= 15 is 0 Å². The smallest absolute Gasteiger partial charge is 0.286 e. The van der Waals surface area contributed by atoms with Crippen molar-refractivity contribution in [3.05, 3.63) is 52.5 Å². The molecule has 0 spiro atoms. The fraction of sp³-hybridized carbons (Fsp3) is 0.238. The van der Waals surface area contributed by atoms with Gasteiger partial charge in [-0.3, -0.25) is 9.59 Å². The summed E-state index contributed by atoms with van der Waals surface area (Å²) in [4.78, 5) is 24.7. The van der Waals surface area contributed by atoms with Crippen molar-refractivity contribution in [1.82, 2.24) is 10.2 Å². The van der Waals surface area contributed by atoms with Crippen molar-refractivity contribution in [2.75, 3.05) is 32.0 Å². The molecule has 1 aromatic heterocycles. The Kier molecular flexibility index (Phi) is 7.39. The summed E-state index contributed by atoms with van der Waals surface area (Å²) in [5, 5.41) is 14.3. The van der Waals surface area contributed by atoms with Crippen LogP contribution < -0.4 is 24.8 Å². The number of nitrogens with zero attached hydrogens (tertiary/aromatic N) is 2. The molecule has 0 saturated carbocycles. The second kappa shape index (κ2) is 10.4. The van der Waals surface area contributed by atoms with Gasteiger partial charge in [0, 0.05) is 24.6 Å². The summed E-state index contributed by atoms with van der Waals surface area (Å²) < 4.78 is 15.5. The zero-order valence-electron chi connectivity index (χ0n) is 17.3. The van der Waals surface area contributed by atoms with E-state index in [4.69, 9.17) is 14.2 Å². The average molecular weight is 442 g/mol. The molecule has 3 rings (SSSR count). The zero-order valence-corrected chi connectivity index (χ0v) is 18.1. The summed E-state index contributed by atoms with van der Waals surface area (Å²) >= 11 is 1.15. The van der Waals surface area contributed by atoms with Crippen molar-refractivity contribution in [2.45, 2.75) is 12.8 Å². The van der Waals surface area contributed by atoms with Crippen LogP contribution in [0.3, 0.4) is 0 Å². The van der Waals surface area contributed by atoms with Crippen LogP contribution in [0.15, 0.2) is 42.5 Å². The highest BCUT2D eigenvalue weighted by Gasteiger charge is 2.15. The Balaban J connectivity index is 1.53. The van der Waals surface area contributed by atoms with E-state index in [0.717, 1.165) is 11.3 Å². The summed E-state index contributed by atoms with van der Waals surface area (Å²) in [5.41, 5.74) is 1.17. The third-order valence-electron chi connectivity index (χ3n) is 4.26. The first-order valence-electron chi connectivity index (χ1n) is 9.32. The van der Waals surface area contributed by atoms with Gasteiger partial charge in [-0.1, -0.05) is 11.3 Å². The highest BCUT2D eigenvalue weighted by molar-refractivity contribution is 7.13. The van der Waals surface area contributed by atoms with Crippen LogP contribution in [0.2, 0.25) is 0 Å². The van der Waals surface area contributed by atoms with Crippen molar-refractivity contribution in [3.63, 3.8) is 0 Å². The minimum atomic E-state index is -0.360. The minimum Gasteiger partial charge on any atom is -0.497 e. The van der Waals surface area contributed by atoms with E-state index in [9.17, 15) is 9.59 Å². The first-order chi connectivity index (χ1) is 15.0. The van der Waals surface area contributed by atoms with E-state index in [-0.39, 0.29) is 23.2 Å². The molecule has 0 aliphatic carbocycles. The first-order valence-corrected chi connectivity index (χ1v) is 10.1. The van der Waals surface area contributed by atoms with Crippen molar-refractivity contribution in [2.24, 2.45) is 0 Å². The Morgan fingerprint density at radius 3 is 2.29 bits per heavy atom. The van der Waals surface area contributed by atoms with Gasteiger partial charge in [0.25, 0.3) is 5.91 Å². The van der Waals surface area contributed by atoms with E-state index in [2.05, 4.69) is 20.8 Å². The number of carbonyl (C=O) groups is 2. The first kappa shape index (κ1) is 22.0. The largest absolute Gasteiger partial charge is 0.497 e. The molecule has 0 aliphatic heterocycles. The molecule has 0 atom stereocenters. The number of rotatable bonds is 9. The third-order valence-corrected chi connectivity index (χ3v) is 5.24. The molecule has 0 bridgehead atoms. The van der Waals surface area contributed by atoms with E-state index < -0.39 is 0 Å². The molecule has 1 heterocycles. The number of aryl methyl sites for hydroxylation is 1. The van der Waals surface area contributed by atoms with Crippen molar-refractivity contribution in [1.29, 1.82) is 0 Å².